The van der Waals surface area contributed by atoms with Gasteiger partial charge in [-0.2, -0.15) is 0 Å². The molecule has 4 aromatic rings. The van der Waals surface area contributed by atoms with Crippen LogP contribution < -0.4 is 5.32 Å². The van der Waals surface area contributed by atoms with E-state index in [4.69, 9.17) is 14.7 Å². The Labute approximate surface area is 208 Å². The van der Waals surface area contributed by atoms with Crippen molar-refractivity contribution in [2.24, 2.45) is 0 Å². The van der Waals surface area contributed by atoms with Crippen LogP contribution in [0.5, 0.6) is 0 Å². The van der Waals surface area contributed by atoms with E-state index >= 15 is 0 Å². The molecule has 10 heteroatoms. The maximum Gasteiger partial charge on any atom is 0.236 e. The van der Waals surface area contributed by atoms with Crippen molar-refractivity contribution in [2.45, 2.75) is 48.4 Å². The zero-order chi connectivity index (χ0) is 22.8. The molecule has 0 saturated carbocycles. The van der Waals surface area contributed by atoms with E-state index in [0.29, 0.717) is 11.7 Å². The van der Waals surface area contributed by atoms with Crippen LogP contribution in [0, 0.1) is 0 Å². The lowest BCUT2D eigenvalue weighted by atomic mass is 9.95. The number of fused-ring (bicyclic) bond motifs is 3. The van der Waals surface area contributed by atoms with Crippen molar-refractivity contribution in [2.75, 3.05) is 11.1 Å². The Kier molecular flexibility index (Phi) is 6.71. The van der Waals surface area contributed by atoms with E-state index < -0.39 is 0 Å². The second kappa shape index (κ2) is 9.71. The highest BCUT2D eigenvalue weighted by Crippen LogP contribution is 2.42. The summed E-state index contributed by atoms with van der Waals surface area (Å²) in [6, 6.07) is 10.3. The molecule has 0 bridgehead atoms. The lowest BCUT2D eigenvalue weighted by molar-refractivity contribution is -0.113. The van der Waals surface area contributed by atoms with Gasteiger partial charge in [-0.3, -0.25) is 4.79 Å². The van der Waals surface area contributed by atoms with Crippen molar-refractivity contribution in [3.05, 3.63) is 57.9 Å². The summed E-state index contributed by atoms with van der Waals surface area (Å²) in [5.74, 6) is 0.967. The molecule has 1 aliphatic heterocycles. The van der Waals surface area contributed by atoms with Gasteiger partial charge in [0.15, 0.2) is 10.3 Å². The first-order valence-corrected chi connectivity index (χ1v) is 14.1. The van der Waals surface area contributed by atoms with Crippen molar-refractivity contribution in [3.8, 4) is 0 Å². The number of hydrogen-bond donors (Lipinski definition) is 1. The summed E-state index contributed by atoms with van der Waals surface area (Å²) in [5, 5.41) is 7.97. The Hall–Kier alpha value is -1.98. The highest BCUT2D eigenvalue weighted by atomic mass is 32.2. The number of anilines is 1. The molecule has 33 heavy (non-hydrogen) atoms. The van der Waals surface area contributed by atoms with E-state index in [2.05, 4.69) is 36.3 Å². The van der Waals surface area contributed by atoms with Gasteiger partial charge < -0.3 is 10.1 Å². The molecule has 1 aliphatic rings. The van der Waals surface area contributed by atoms with Crippen LogP contribution in [0.1, 0.15) is 29.9 Å². The molecule has 0 spiro atoms. The van der Waals surface area contributed by atoms with Crippen LogP contribution in [-0.2, 0) is 28.3 Å². The first kappa shape index (κ1) is 22.8. The van der Waals surface area contributed by atoms with Gasteiger partial charge >= 0.3 is 0 Å². The van der Waals surface area contributed by atoms with E-state index in [1.54, 1.807) is 29.3 Å². The summed E-state index contributed by atoms with van der Waals surface area (Å²) in [5.41, 5.74) is 2.25. The van der Waals surface area contributed by atoms with Gasteiger partial charge in [0.1, 0.15) is 9.86 Å². The van der Waals surface area contributed by atoms with Gasteiger partial charge in [-0.15, -0.1) is 22.7 Å². The molecule has 1 N–H and O–H groups in total. The minimum absolute atomic E-state index is 0.0899. The third kappa shape index (κ3) is 5.41. The fraction of sp³-hybridized carbons (Fsp3) is 0.304. The minimum Gasteiger partial charge on any atom is -0.370 e. The van der Waals surface area contributed by atoms with E-state index in [1.807, 2.05) is 23.6 Å². The number of carbonyl (C=O) groups is 1. The first-order chi connectivity index (χ1) is 16.0. The second-order valence-corrected chi connectivity index (χ2v) is 12.1. The number of nitrogens with one attached hydrogen (secondary N) is 1. The van der Waals surface area contributed by atoms with Crippen LogP contribution in [0.3, 0.4) is 0 Å². The van der Waals surface area contributed by atoms with Crippen molar-refractivity contribution in [1.29, 1.82) is 0 Å². The Morgan fingerprint density at radius 1 is 1.21 bits per heavy atom. The quantitative estimate of drug-likeness (QED) is 0.183. The Morgan fingerprint density at radius 2 is 2.06 bits per heavy atom. The molecule has 4 heterocycles. The van der Waals surface area contributed by atoms with E-state index in [1.165, 1.54) is 39.1 Å². The summed E-state index contributed by atoms with van der Waals surface area (Å²) < 4.78 is 6.03. The van der Waals surface area contributed by atoms with Crippen molar-refractivity contribution in [3.63, 3.8) is 0 Å². The molecule has 0 atom stereocenters. The number of nitrogens with zero attached hydrogens (tertiary/aromatic N) is 3. The summed E-state index contributed by atoms with van der Waals surface area (Å²) in [7, 11) is 0. The highest BCUT2D eigenvalue weighted by Gasteiger charge is 2.31. The zero-order valence-corrected chi connectivity index (χ0v) is 21.4. The maximum absolute atomic E-state index is 12.5. The topological polar surface area (TPSA) is 77.0 Å². The van der Waals surface area contributed by atoms with Gasteiger partial charge in [0.05, 0.1) is 18.0 Å². The Morgan fingerprint density at radius 3 is 2.85 bits per heavy atom. The molecule has 0 unspecified atom stereocenters. The van der Waals surface area contributed by atoms with E-state index in [0.717, 1.165) is 32.6 Å². The molecular weight excluding hydrogens is 493 g/mol. The molecule has 0 fully saturated rings. The van der Waals surface area contributed by atoms with Gasteiger partial charge in [0.25, 0.3) is 0 Å². The van der Waals surface area contributed by atoms with Gasteiger partial charge in [-0.25, -0.2) is 15.0 Å². The predicted octanol–water partition coefficient (Wildman–Crippen LogP) is 6.02. The smallest absolute Gasteiger partial charge is 0.236 e. The van der Waals surface area contributed by atoms with Crippen LogP contribution >= 0.6 is 46.2 Å². The Bertz CT molecular complexity index is 1270. The SMILES string of the molecule is CC1(C)Cc2c(sc3nc(SCc4ccccc4)nc(SCC(=O)Nc4nccs4)c23)CO1. The van der Waals surface area contributed by atoms with Gasteiger partial charge in [-0.05, 0) is 25.0 Å². The van der Waals surface area contributed by atoms with Crippen molar-refractivity contribution < 1.29 is 9.53 Å². The molecule has 1 amide bonds. The Balaban J connectivity index is 1.44. The third-order valence-corrected chi connectivity index (χ3v) is 8.79. The number of thiophene rings is 1. The average Bonchev–Trinajstić information content (AvgIpc) is 3.43. The van der Waals surface area contributed by atoms with Gasteiger partial charge in [-0.1, -0.05) is 53.9 Å². The van der Waals surface area contributed by atoms with Crippen LogP contribution in [0.2, 0.25) is 0 Å². The molecular formula is C23H22N4O2S4. The largest absolute Gasteiger partial charge is 0.370 e. The normalized spacial score (nSPS) is 14.8. The third-order valence-electron chi connectivity index (χ3n) is 5.11. The molecule has 0 saturated heterocycles. The number of thioether (sulfide) groups is 2. The zero-order valence-electron chi connectivity index (χ0n) is 18.2. The van der Waals surface area contributed by atoms with Crippen LogP contribution in [0.4, 0.5) is 5.13 Å². The minimum atomic E-state index is -0.230. The molecule has 1 aromatic carbocycles. The number of carbonyl (C=O) groups excluding carboxylic acids is 1. The van der Waals surface area contributed by atoms with E-state index in [-0.39, 0.29) is 17.3 Å². The monoisotopic (exact) mass is 514 g/mol. The summed E-state index contributed by atoms with van der Waals surface area (Å²) in [4.78, 5) is 28.6. The predicted molar refractivity (Wildman–Crippen MR) is 137 cm³/mol. The molecule has 0 aliphatic carbocycles. The number of thiazole rings is 1. The van der Waals surface area contributed by atoms with Gasteiger partial charge in [0, 0.05) is 34.0 Å². The molecule has 6 nitrogen and oxygen atoms in total. The standard InChI is InChI=1S/C23H22N4O2S4/c1-23(2)10-15-16(11-29-23)33-20-18(15)19(31-13-17(28)25-21-24-8-9-30-21)26-22(27-20)32-12-14-6-4-3-5-7-14/h3-9H,10-13H2,1-2H3,(H,24,25,28). The second-order valence-electron chi connectivity index (χ2n) is 8.17. The fourth-order valence-electron chi connectivity index (χ4n) is 3.56. The van der Waals surface area contributed by atoms with Crippen molar-refractivity contribution >= 4 is 67.5 Å². The summed E-state index contributed by atoms with van der Waals surface area (Å²) in [6.07, 6.45) is 2.49. The highest BCUT2D eigenvalue weighted by molar-refractivity contribution is 8.00. The molecule has 3 aromatic heterocycles. The maximum atomic E-state index is 12.5. The van der Waals surface area contributed by atoms with Crippen molar-refractivity contribution in [1.82, 2.24) is 15.0 Å². The average molecular weight is 515 g/mol. The first-order valence-electron chi connectivity index (χ1n) is 10.4. The number of amides is 1. The van der Waals surface area contributed by atoms with Crippen LogP contribution in [-0.4, -0.2) is 32.2 Å². The molecule has 170 valence electrons. The number of hydrogen-bond acceptors (Lipinski definition) is 9. The summed E-state index contributed by atoms with van der Waals surface area (Å²) in [6.45, 7) is 4.81. The number of rotatable bonds is 7. The lowest BCUT2D eigenvalue weighted by Gasteiger charge is -2.30. The summed E-state index contributed by atoms with van der Waals surface area (Å²) >= 11 is 6.16. The molecule has 5 rings (SSSR count). The van der Waals surface area contributed by atoms with Gasteiger partial charge in [0.2, 0.25) is 5.91 Å². The number of benzene rings is 1. The number of ether oxygens (including phenoxy) is 1. The number of aromatic nitrogens is 3. The molecule has 0 radical (unpaired) electrons. The van der Waals surface area contributed by atoms with E-state index in [9.17, 15) is 4.79 Å². The van der Waals surface area contributed by atoms with Crippen LogP contribution in [0.15, 0.2) is 52.1 Å². The van der Waals surface area contributed by atoms with Crippen LogP contribution in [0.25, 0.3) is 10.2 Å². The lowest BCUT2D eigenvalue weighted by Crippen LogP contribution is -2.31. The fourth-order valence-corrected chi connectivity index (χ4v) is 7.04.